The van der Waals surface area contributed by atoms with Crippen LogP contribution in [0.15, 0.2) is 54.6 Å². The van der Waals surface area contributed by atoms with Gasteiger partial charge in [0, 0.05) is 46.4 Å². The van der Waals surface area contributed by atoms with Gasteiger partial charge in [-0.3, -0.25) is 9.59 Å². The maximum Gasteiger partial charge on any atom is 0.229 e. The van der Waals surface area contributed by atoms with Gasteiger partial charge in [-0.1, -0.05) is 37.3 Å². The van der Waals surface area contributed by atoms with Crippen LogP contribution >= 0.6 is 0 Å². The monoisotopic (exact) mass is 401 g/mol. The summed E-state index contributed by atoms with van der Waals surface area (Å²) in [6.07, 6.45) is 3.66. The minimum absolute atomic E-state index is 0.00208. The zero-order valence-electron chi connectivity index (χ0n) is 17.3. The zero-order chi connectivity index (χ0) is 20.7. The number of amides is 2. The van der Waals surface area contributed by atoms with Gasteiger partial charge >= 0.3 is 0 Å². The quantitative estimate of drug-likeness (QED) is 0.659. The number of carbonyl (C=O) groups excluding carboxylic acids is 2. The number of anilines is 1. The van der Waals surface area contributed by atoms with E-state index in [-0.39, 0.29) is 23.1 Å². The van der Waals surface area contributed by atoms with E-state index in [1.54, 1.807) is 0 Å². The number of hydrogen-bond donors (Lipinski definition) is 2. The van der Waals surface area contributed by atoms with Gasteiger partial charge in [-0.05, 0) is 49.9 Å². The minimum atomic E-state index is -0.174. The van der Waals surface area contributed by atoms with Crippen molar-refractivity contribution in [1.29, 1.82) is 0 Å². The van der Waals surface area contributed by atoms with Crippen LogP contribution in [0.4, 0.5) is 5.69 Å². The maximum atomic E-state index is 12.9. The van der Waals surface area contributed by atoms with Crippen LogP contribution in [0.5, 0.6) is 0 Å². The van der Waals surface area contributed by atoms with E-state index in [0.717, 1.165) is 54.7 Å². The second-order valence-electron chi connectivity index (χ2n) is 8.99. The molecular weight excluding hydrogens is 374 g/mol. The van der Waals surface area contributed by atoms with Gasteiger partial charge in [-0.25, -0.2) is 0 Å². The number of aromatic amines is 1. The molecule has 1 aliphatic carbocycles. The van der Waals surface area contributed by atoms with Gasteiger partial charge in [-0.15, -0.1) is 0 Å². The van der Waals surface area contributed by atoms with Crippen LogP contribution in [0.3, 0.4) is 0 Å². The second-order valence-corrected chi connectivity index (χ2v) is 8.99. The number of aromatic nitrogens is 1. The zero-order valence-corrected chi connectivity index (χ0v) is 17.3. The van der Waals surface area contributed by atoms with Crippen LogP contribution in [0.25, 0.3) is 22.2 Å². The van der Waals surface area contributed by atoms with Gasteiger partial charge in [0.05, 0.1) is 5.92 Å². The first-order valence-electron chi connectivity index (χ1n) is 10.8. The number of nitrogens with one attached hydrogen (secondary N) is 2. The fourth-order valence-corrected chi connectivity index (χ4v) is 4.40. The summed E-state index contributed by atoms with van der Waals surface area (Å²) in [5, 5.41) is 4.24. The number of rotatable bonds is 4. The number of nitrogens with zero attached hydrogens (tertiary/aromatic N) is 1. The van der Waals surface area contributed by atoms with E-state index in [2.05, 4.69) is 28.5 Å². The SMILES string of the molecule is CC1(C(=O)N2CCC[C@H](C(=O)Nc3cccc(-c4cc5ccccc5[nH]4)c3)C2)CC1. The summed E-state index contributed by atoms with van der Waals surface area (Å²) in [6, 6.07) is 18.2. The van der Waals surface area contributed by atoms with Crippen molar-refractivity contribution in [2.75, 3.05) is 18.4 Å². The Hall–Kier alpha value is -3.08. The van der Waals surface area contributed by atoms with Crippen molar-refractivity contribution in [3.63, 3.8) is 0 Å². The smallest absolute Gasteiger partial charge is 0.229 e. The summed E-state index contributed by atoms with van der Waals surface area (Å²) < 4.78 is 0. The predicted molar refractivity (Wildman–Crippen MR) is 119 cm³/mol. The molecule has 154 valence electrons. The van der Waals surface area contributed by atoms with E-state index < -0.39 is 0 Å². The van der Waals surface area contributed by atoms with Crippen molar-refractivity contribution < 1.29 is 9.59 Å². The molecule has 2 amide bonds. The molecule has 1 saturated heterocycles. The van der Waals surface area contributed by atoms with E-state index >= 15 is 0 Å². The molecule has 5 rings (SSSR count). The van der Waals surface area contributed by atoms with E-state index in [9.17, 15) is 9.59 Å². The molecule has 1 aromatic heterocycles. The van der Waals surface area contributed by atoms with Gasteiger partial charge in [-0.2, -0.15) is 0 Å². The third-order valence-electron chi connectivity index (χ3n) is 6.57. The van der Waals surface area contributed by atoms with Crippen molar-refractivity contribution in [3.05, 3.63) is 54.6 Å². The first-order chi connectivity index (χ1) is 14.5. The van der Waals surface area contributed by atoms with Gasteiger partial charge in [0.15, 0.2) is 0 Å². The average Bonchev–Trinajstić information content (AvgIpc) is 3.37. The highest BCUT2D eigenvalue weighted by Crippen LogP contribution is 2.47. The Morgan fingerprint density at radius 2 is 1.93 bits per heavy atom. The van der Waals surface area contributed by atoms with Crippen molar-refractivity contribution in [2.24, 2.45) is 11.3 Å². The number of para-hydroxylation sites is 1. The number of hydrogen-bond acceptors (Lipinski definition) is 2. The Kier molecular flexibility index (Phi) is 4.61. The molecule has 1 atom stereocenters. The summed E-state index contributed by atoms with van der Waals surface area (Å²) in [5.41, 5.74) is 3.77. The Bertz CT molecular complexity index is 1080. The molecule has 5 nitrogen and oxygen atoms in total. The van der Waals surface area contributed by atoms with Crippen molar-refractivity contribution >= 4 is 28.4 Å². The molecule has 2 aromatic carbocycles. The number of fused-ring (bicyclic) bond motifs is 1. The van der Waals surface area contributed by atoms with Crippen LogP contribution in [-0.2, 0) is 9.59 Å². The molecule has 5 heteroatoms. The molecular formula is C25H27N3O2. The average molecular weight is 402 g/mol. The summed E-state index contributed by atoms with van der Waals surface area (Å²) in [5.74, 6) is 0.0739. The highest BCUT2D eigenvalue weighted by atomic mass is 16.2. The lowest BCUT2D eigenvalue weighted by Gasteiger charge is -2.33. The topological polar surface area (TPSA) is 65.2 Å². The Morgan fingerprint density at radius 3 is 2.73 bits per heavy atom. The number of piperidine rings is 1. The molecule has 2 fully saturated rings. The molecule has 2 N–H and O–H groups in total. The van der Waals surface area contributed by atoms with Crippen LogP contribution in [0, 0.1) is 11.3 Å². The fourth-order valence-electron chi connectivity index (χ4n) is 4.40. The second kappa shape index (κ2) is 7.31. The van der Waals surface area contributed by atoms with E-state index in [1.807, 2.05) is 48.2 Å². The fraction of sp³-hybridized carbons (Fsp3) is 0.360. The maximum absolute atomic E-state index is 12.9. The van der Waals surface area contributed by atoms with Crippen molar-refractivity contribution in [2.45, 2.75) is 32.6 Å². The Balaban J connectivity index is 1.29. The number of carbonyl (C=O) groups is 2. The van der Waals surface area contributed by atoms with Crippen molar-refractivity contribution in [3.8, 4) is 11.3 Å². The van der Waals surface area contributed by atoms with Gasteiger partial charge in [0.25, 0.3) is 0 Å². The molecule has 0 radical (unpaired) electrons. The molecule has 1 aliphatic heterocycles. The van der Waals surface area contributed by atoms with Crippen LogP contribution in [0.1, 0.15) is 32.6 Å². The van der Waals surface area contributed by atoms with Crippen LogP contribution in [-0.4, -0.2) is 34.8 Å². The summed E-state index contributed by atoms with van der Waals surface area (Å²) in [6.45, 7) is 3.34. The van der Waals surface area contributed by atoms with E-state index in [0.29, 0.717) is 6.54 Å². The minimum Gasteiger partial charge on any atom is -0.355 e. The predicted octanol–water partition coefficient (Wildman–Crippen LogP) is 4.81. The molecule has 30 heavy (non-hydrogen) atoms. The molecule has 0 unspecified atom stereocenters. The lowest BCUT2D eigenvalue weighted by atomic mass is 9.95. The Morgan fingerprint density at radius 1 is 1.10 bits per heavy atom. The summed E-state index contributed by atoms with van der Waals surface area (Å²) in [4.78, 5) is 30.9. The van der Waals surface area contributed by atoms with Crippen molar-refractivity contribution in [1.82, 2.24) is 9.88 Å². The molecule has 0 spiro atoms. The third-order valence-corrected chi connectivity index (χ3v) is 6.57. The summed E-state index contributed by atoms with van der Waals surface area (Å²) >= 11 is 0. The lowest BCUT2D eigenvalue weighted by Crippen LogP contribution is -2.46. The van der Waals surface area contributed by atoms with Gasteiger partial charge < -0.3 is 15.2 Å². The van der Waals surface area contributed by atoms with Crippen LogP contribution < -0.4 is 5.32 Å². The van der Waals surface area contributed by atoms with E-state index in [4.69, 9.17) is 0 Å². The highest BCUT2D eigenvalue weighted by Gasteiger charge is 2.48. The first-order valence-corrected chi connectivity index (χ1v) is 10.8. The number of likely N-dealkylation sites (tertiary alicyclic amines) is 1. The Labute approximate surface area is 176 Å². The first kappa shape index (κ1) is 18.9. The molecule has 3 aromatic rings. The highest BCUT2D eigenvalue weighted by molar-refractivity contribution is 5.94. The summed E-state index contributed by atoms with van der Waals surface area (Å²) in [7, 11) is 0. The molecule has 1 saturated carbocycles. The van der Waals surface area contributed by atoms with Gasteiger partial charge in [0.1, 0.15) is 0 Å². The lowest BCUT2D eigenvalue weighted by molar-refractivity contribution is -0.139. The number of H-pyrrole nitrogens is 1. The molecule has 2 aliphatic rings. The molecule has 0 bridgehead atoms. The van der Waals surface area contributed by atoms with E-state index in [1.165, 1.54) is 5.39 Å². The van der Waals surface area contributed by atoms with Crippen LogP contribution in [0.2, 0.25) is 0 Å². The standard InChI is InChI=1S/C25H27N3O2/c1-25(11-12-25)24(30)28-13-5-8-19(16-28)23(29)26-20-9-4-7-17(14-20)22-15-18-6-2-3-10-21(18)27-22/h2-4,6-7,9-10,14-15,19,27H,5,8,11-13,16H2,1H3,(H,26,29)/t19-/m0/s1. The normalized spacial score (nSPS) is 20.2. The van der Waals surface area contributed by atoms with Gasteiger partial charge in [0.2, 0.25) is 11.8 Å². The number of benzene rings is 2. The largest absolute Gasteiger partial charge is 0.355 e. The third kappa shape index (κ3) is 3.60. The molecule has 2 heterocycles.